The van der Waals surface area contributed by atoms with Gasteiger partial charge in [0.2, 0.25) is 10.0 Å². The molecule has 0 fully saturated rings. The Kier molecular flexibility index (Phi) is 3.97. The molecule has 17 heavy (non-hydrogen) atoms. The highest BCUT2D eigenvalue weighted by atomic mass is 32.2. The van der Waals surface area contributed by atoms with E-state index in [-0.39, 0.29) is 4.90 Å². The van der Waals surface area contributed by atoms with E-state index >= 15 is 0 Å². The molecule has 1 N–H and O–H groups in total. The molecule has 0 spiro atoms. The van der Waals surface area contributed by atoms with Crippen LogP contribution in [0.25, 0.3) is 6.08 Å². The number of aromatic nitrogens is 1. The number of carbonyl (C=O) groups is 1. The second-order valence-corrected chi connectivity index (χ2v) is 5.56. The smallest absolute Gasteiger partial charge is 0.328 e. The van der Waals surface area contributed by atoms with Crippen molar-refractivity contribution >= 4 is 22.1 Å². The Morgan fingerprint density at radius 2 is 2.06 bits per heavy atom. The molecule has 0 bridgehead atoms. The molecule has 0 atom stereocenters. The molecule has 0 unspecified atom stereocenters. The minimum Gasteiger partial charge on any atom is -0.478 e. The summed E-state index contributed by atoms with van der Waals surface area (Å²) in [5.41, 5.74) is 0.412. The van der Waals surface area contributed by atoms with Gasteiger partial charge in [-0.3, -0.25) is 4.98 Å². The number of hydrogen-bond donors (Lipinski definition) is 1. The van der Waals surface area contributed by atoms with E-state index in [0.717, 1.165) is 10.4 Å². The Labute approximate surface area is 99.3 Å². The molecule has 0 saturated heterocycles. The summed E-state index contributed by atoms with van der Waals surface area (Å²) < 4.78 is 24.6. The average Bonchev–Trinajstić information content (AvgIpc) is 2.26. The fourth-order valence-electron chi connectivity index (χ4n) is 1.05. The largest absolute Gasteiger partial charge is 0.478 e. The van der Waals surface area contributed by atoms with Crippen LogP contribution >= 0.6 is 0 Å². The number of carboxylic acid groups (broad SMARTS) is 1. The average molecular weight is 256 g/mol. The van der Waals surface area contributed by atoms with E-state index in [1.807, 2.05) is 0 Å². The van der Waals surface area contributed by atoms with Gasteiger partial charge in [-0.05, 0) is 17.7 Å². The van der Waals surface area contributed by atoms with Crippen molar-refractivity contribution in [1.82, 2.24) is 9.29 Å². The SMILES string of the molecule is CN(C)S(=O)(=O)c1cncc(C=CC(=O)O)c1. The quantitative estimate of drug-likeness (QED) is 0.789. The second kappa shape index (κ2) is 5.07. The maximum Gasteiger partial charge on any atom is 0.328 e. The van der Waals surface area contributed by atoms with Gasteiger partial charge in [-0.2, -0.15) is 0 Å². The van der Waals surface area contributed by atoms with Crippen LogP contribution in [-0.2, 0) is 14.8 Å². The van der Waals surface area contributed by atoms with Crippen molar-refractivity contribution < 1.29 is 18.3 Å². The fraction of sp³-hybridized carbons (Fsp3) is 0.200. The van der Waals surface area contributed by atoms with Gasteiger partial charge >= 0.3 is 5.97 Å². The van der Waals surface area contributed by atoms with Crippen LogP contribution in [0, 0.1) is 0 Å². The first kappa shape index (κ1) is 13.3. The molecule has 92 valence electrons. The summed E-state index contributed by atoms with van der Waals surface area (Å²) in [6, 6.07) is 1.36. The van der Waals surface area contributed by atoms with Crippen molar-refractivity contribution in [2.24, 2.45) is 0 Å². The summed E-state index contributed by atoms with van der Waals surface area (Å²) in [5, 5.41) is 8.46. The van der Waals surface area contributed by atoms with E-state index in [0.29, 0.717) is 5.56 Å². The van der Waals surface area contributed by atoms with Gasteiger partial charge in [0.05, 0.1) is 0 Å². The van der Waals surface area contributed by atoms with Gasteiger partial charge in [-0.1, -0.05) is 0 Å². The summed E-state index contributed by atoms with van der Waals surface area (Å²) >= 11 is 0. The molecule has 1 rings (SSSR count). The lowest BCUT2D eigenvalue weighted by molar-refractivity contribution is -0.131. The minimum atomic E-state index is -3.55. The van der Waals surface area contributed by atoms with E-state index in [1.165, 1.54) is 38.6 Å². The predicted octanol–water partition coefficient (Wildman–Crippen LogP) is 0.430. The summed E-state index contributed by atoms with van der Waals surface area (Å²) in [6.45, 7) is 0. The normalized spacial score (nSPS) is 12.2. The van der Waals surface area contributed by atoms with Crippen LogP contribution < -0.4 is 0 Å². The van der Waals surface area contributed by atoms with Crippen molar-refractivity contribution in [1.29, 1.82) is 0 Å². The number of rotatable bonds is 4. The van der Waals surface area contributed by atoms with Gasteiger partial charge < -0.3 is 5.11 Å². The summed E-state index contributed by atoms with van der Waals surface area (Å²) in [6.07, 6.45) is 4.80. The monoisotopic (exact) mass is 256 g/mol. The zero-order valence-corrected chi connectivity index (χ0v) is 10.2. The van der Waals surface area contributed by atoms with Crippen molar-refractivity contribution in [3.63, 3.8) is 0 Å². The van der Waals surface area contributed by atoms with Gasteiger partial charge in [-0.25, -0.2) is 17.5 Å². The van der Waals surface area contributed by atoms with Crippen molar-refractivity contribution in [3.05, 3.63) is 30.1 Å². The molecule has 0 saturated carbocycles. The lowest BCUT2D eigenvalue weighted by atomic mass is 10.2. The predicted molar refractivity (Wildman–Crippen MR) is 61.8 cm³/mol. The van der Waals surface area contributed by atoms with E-state index in [9.17, 15) is 13.2 Å². The van der Waals surface area contributed by atoms with Crippen LogP contribution in [0.15, 0.2) is 29.4 Å². The third kappa shape index (κ3) is 3.36. The van der Waals surface area contributed by atoms with E-state index in [1.54, 1.807) is 0 Å². The third-order valence-electron chi connectivity index (χ3n) is 1.93. The van der Waals surface area contributed by atoms with E-state index < -0.39 is 16.0 Å². The third-order valence-corrected chi connectivity index (χ3v) is 3.71. The van der Waals surface area contributed by atoms with Crippen LogP contribution in [0.3, 0.4) is 0 Å². The molecule has 1 aromatic heterocycles. The Hall–Kier alpha value is -1.73. The molecule has 0 amide bonds. The maximum atomic E-state index is 11.8. The van der Waals surface area contributed by atoms with Crippen molar-refractivity contribution in [2.75, 3.05) is 14.1 Å². The Morgan fingerprint density at radius 1 is 1.41 bits per heavy atom. The van der Waals surface area contributed by atoms with Crippen LogP contribution in [-0.4, -0.2) is 42.9 Å². The lowest BCUT2D eigenvalue weighted by Crippen LogP contribution is -2.22. The Morgan fingerprint density at radius 3 is 2.59 bits per heavy atom. The molecular formula is C10H12N2O4S. The van der Waals surface area contributed by atoms with Gasteiger partial charge in [0, 0.05) is 32.6 Å². The minimum absolute atomic E-state index is 0.0232. The van der Waals surface area contributed by atoms with Gasteiger partial charge in [0.15, 0.2) is 0 Å². The molecule has 0 aromatic carbocycles. The van der Waals surface area contributed by atoms with E-state index in [4.69, 9.17) is 5.11 Å². The van der Waals surface area contributed by atoms with Crippen LogP contribution in [0.5, 0.6) is 0 Å². The molecule has 1 aromatic rings. The highest BCUT2D eigenvalue weighted by Crippen LogP contribution is 2.13. The van der Waals surface area contributed by atoms with E-state index in [2.05, 4.69) is 4.98 Å². The van der Waals surface area contributed by atoms with Gasteiger partial charge in [0.1, 0.15) is 4.90 Å². The molecule has 0 aliphatic rings. The Bertz CT molecular complexity index is 549. The van der Waals surface area contributed by atoms with Crippen molar-refractivity contribution in [3.8, 4) is 0 Å². The van der Waals surface area contributed by atoms with Gasteiger partial charge in [-0.15, -0.1) is 0 Å². The summed E-state index contributed by atoms with van der Waals surface area (Å²) in [7, 11) is -0.725. The van der Waals surface area contributed by atoms with Crippen LogP contribution in [0.1, 0.15) is 5.56 Å². The number of sulfonamides is 1. The number of hydrogen-bond acceptors (Lipinski definition) is 4. The molecular weight excluding hydrogens is 244 g/mol. The second-order valence-electron chi connectivity index (χ2n) is 3.41. The Balaban J connectivity index is 3.15. The maximum absolute atomic E-state index is 11.8. The molecule has 0 radical (unpaired) electrons. The fourth-order valence-corrected chi connectivity index (χ4v) is 1.95. The van der Waals surface area contributed by atoms with Crippen LogP contribution in [0.2, 0.25) is 0 Å². The molecule has 0 aliphatic heterocycles. The van der Waals surface area contributed by atoms with Crippen molar-refractivity contribution in [2.45, 2.75) is 4.90 Å². The topological polar surface area (TPSA) is 87.6 Å². The molecule has 1 heterocycles. The summed E-state index contributed by atoms with van der Waals surface area (Å²) in [5.74, 6) is -1.11. The van der Waals surface area contributed by atoms with Gasteiger partial charge in [0.25, 0.3) is 0 Å². The molecule has 7 heteroatoms. The first-order valence-corrected chi connectivity index (χ1v) is 6.06. The number of carboxylic acids is 1. The van der Waals surface area contributed by atoms with Crippen LogP contribution in [0.4, 0.5) is 0 Å². The first-order valence-electron chi connectivity index (χ1n) is 4.62. The lowest BCUT2D eigenvalue weighted by Gasteiger charge is -2.10. The molecule has 0 aliphatic carbocycles. The highest BCUT2D eigenvalue weighted by Gasteiger charge is 2.17. The summed E-state index contributed by atoms with van der Waals surface area (Å²) in [4.78, 5) is 14.1. The zero-order chi connectivity index (χ0) is 13.1. The number of nitrogens with zero attached hydrogens (tertiary/aromatic N) is 2. The number of aliphatic carboxylic acids is 1. The number of pyridine rings is 1. The standard InChI is InChI=1S/C10H12N2O4S/c1-12(2)17(15,16)9-5-8(6-11-7-9)3-4-10(13)14/h3-7H,1-2H3,(H,13,14). The molecule has 6 nitrogen and oxygen atoms in total. The zero-order valence-electron chi connectivity index (χ0n) is 9.36. The first-order chi connectivity index (χ1) is 7.84. The highest BCUT2D eigenvalue weighted by molar-refractivity contribution is 7.89.